The Morgan fingerprint density at radius 2 is 1.90 bits per heavy atom. The van der Waals surface area contributed by atoms with E-state index in [0.717, 1.165) is 35.5 Å². The largest absolute Gasteiger partial charge is 0.329 e. The third-order valence-electron chi connectivity index (χ3n) is 4.50. The first-order chi connectivity index (χ1) is 9.52. The number of nitrogens with two attached hydrogens (primary N) is 1. The highest BCUT2D eigenvalue weighted by Gasteiger charge is 2.27. The van der Waals surface area contributed by atoms with Gasteiger partial charge in [-0.2, -0.15) is 0 Å². The van der Waals surface area contributed by atoms with Crippen molar-refractivity contribution >= 4 is 23.2 Å². The van der Waals surface area contributed by atoms with E-state index >= 15 is 0 Å². The van der Waals surface area contributed by atoms with Crippen molar-refractivity contribution in [3.63, 3.8) is 0 Å². The van der Waals surface area contributed by atoms with Crippen LogP contribution in [0.1, 0.15) is 38.3 Å². The molecule has 20 heavy (non-hydrogen) atoms. The van der Waals surface area contributed by atoms with Crippen molar-refractivity contribution in [3.05, 3.63) is 33.8 Å². The Labute approximate surface area is 132 Å². The SMILES string of the molecule is CC(C)C1CCN(C(CN)c2ccc(Cl)cc2Cl)CC1. The van der Waals surface area contributed by atoms with Gasteiger partial charge in [0.15, 0.2) is 0 Å². The fraction of sp³-hybridized carbons (Fsp3) is 0.625. The zero-order chi connectivity index (χ0) is 14.7. The highest BCUT2D eigenvalue weighted by molar-refractivity contribution is 6.35. The molecule has 2 rings (SSSR count). The highest BCUT2D eigenvalue weighted by Crippen LogP contribution is 2.33. The third kappa shape index (κ3) is 3.67. The lowest BCUT2D eigenvalue weighted by molar-refractivity contribution is 0.117. The molecule has 4 heteroatoms. The number of benzene rings is 1. The number of hydrogen-bond acceptors (Lipinski definition) is 2. The fourth-order valence-electron chi connectivity index (χ4n) is 3.14. The maximum absolute atomic E-state index is 6.33. The zero-order valence-electron chi connectivity index (χ0n) is 12.3. The van der Waals surface area contributed by atoms with Crippen molar-refractivity contribution in [1.29, 1.82) is 0 Å². The molecule has 0 saturated carbocycles. The number of halogens is 2. The average Bonchev–Trinajstić information content (AvgIpc) is 2.42. The van der Waals surface area contributed by atoms with Crippen LogP contribution in [0.15, 0.2) is 18.2 Å². The van der Waals surface area contributed by atoms with Crippen LogP contribution < -0.4 is 5.73 Å². The second kappa shape index (κ2) is 7.13. The number of likely N-dealkylation sites (tertiary alicyclic amines) is 1. The molecule has 1 fully saturated rings. The Bertz CT molecular complexity index is 440. The van der Waals surface area contributed by atoms with Gasteiger partial charge in [0.1, 0.15) is 0 Å². The fourth-order valence-corrected chi connectivity index (χ4v) is 3.68. The molecule has 1 atom stereocenters. The maximum atomic E-state index is 6.33. The summed E-state index contributed by atoms with van der Waals surface area (Å²) in [4.78, 5) is 2.47. The number of piperidine rings is 1. The van der Waals surface area contributed by atoms with Crippen molar-refractivity contribution in [2.24, 2.45) is 17.6 Å². The van der Waals surface area contributed by atoms with Gasteiger partial charge in [0.2, 0.25) is 0 Å². The van der Waals surface area contributed by atoms with Gasteiger partial charge >= 0.3 is 0 Å². The van der Waals surface area contributed by atoms with Crippen LogP contribution in [-0.2, 0) is 0 Å². The van der Waals surface area contributed by atoms with Crippen LogP contribution in [0.25, 0.3) is 0 Å². The number of hydrogen-bond donors (Lipinski definition) is 1. The molecule has 0 aliphatic carbocycles. The van der Waals surface area contributed by atoms with E-state index in [-0.39, 0.29) is 6.04 Å². The van der Waals surface area contributed by atoms with E-state index in [9.17, 15) is 0 Å². The lowest BCUT2D eigenvalue weighted by Gasteiger charge is -2.38. The summed E-state index contributed by atoms with van der Waals surface area (Å²) >= 11 is 12.3. The monoisotopic (exact) mass is 314 g/mol. The Morgan fingerprint density at radius 1 is 1.25 bits per heavy atom. The molecule has 1 aromatic rings. The van der Waals surface area contributed by atoms with E-state index in [1.807, 2.05) is 18.2 Å². The van der Waals surface area contributed by atoms with Gasteiger partial charge in [-0.05, 0) is 55.5 Å². The molecule has 1 unspecified atom stereocenters. The predicted octanol–water partition coefficient (Wildman–Crippen LogP) is 4.36. The average molecular weight is 315 g/mol. The van der Waals surface area contributed by atoms with E-state index in [4.69, 9.17) is 28.9 Å². The zero-order valence-corrected chi connectivity index (χ0v) is 13.8. The van der Waals surface area contributed by atoms with Crippen molar-refractivity contribution in [3.8, 4) is 0 Å². The van der Waals surface area contributed by atoms with Crippen LogP contribution in [0.3, 0.4) is 0 Å². The van der Waals surface area contributed by atoms with E-state index in [1.54, 1.807) is 0 Å². The molecule has 0 bridgehead atoms. The number of nitrogens with zero attached hydrogens (tertiary/aromatic N) is 1. The molecule has 1 aliphatic heterocycles. The van der Waals surface area contributed by atoms with E-state index in [0.29, 0.717) is 11.6 Å². The first-order valence-corrected chi connectivity index (χ1v) is 8.17. The molecule has 1 saturated heterocycles. The second-order valence-corrected chi connectivity index (χ2v) is 6.88. The molecule has 2 nitrogen and oxygen atoms in total. The predicted molar refractivity (Wildman–Crippen MR) is 87.4 cm³/mol. The minimum absolute atomic E-state index is 0.202. The van der Waals surface area contributed by atoms with Crippen LogP contribution in [0.2, 0.25) is 10.0 Å². The van der Waals surface area contributed by atoms with E-state index in [2.05, 4.69) is 18.7 Å². The Hall–Kier alpha value is -0.280. The van der Waals surface area contributed by atoms with Gasteiger partial charge in [-0.15, -0.1) is 0 Å². The summed E-state index contributed by atoms with van der Waals surface area (Å²) in [5, 5.41) is 1.40. The quantitative estimate of drug-likeness (QED) is 0.894. The van der Waals surface area contributed by atoms with Crippen molar-refractivity contribution in [2.45, 2.75) is 32.7 Å². The first kappa shape index (κ1) is 16.1. The minimum atomic E-state index is 0.202. The first-order valence-electron chi connectivity index (χ1n) is 7.42. The van der Waals surface area contributed by atoms with Gasteiger partial charge in [0.25, 0.3) is 0 Å². The van der Waals surface area contributed by atoms with Crippen LogP contribution in [0, 0.1) is 11.8 Å². The van der Waals surface area contributed by atoms with E-state index in [1.165, 1.54) is 12.8 Å². The third-order valence-corrected chi connectivity index (χ3v) is 5.06. The standard InChI is InChI=1S/C16H24Cl2N2/c1-11(2)12-5-7-20(8-6-12)16(10-19)14-4-3-13(17)9-15(14)18/h3-4,9,11-12,16H,5-8,10,19H2,1-2H3. The number of rotatable bonds is 4. The van der Waals surface area contributed by atoms with Gasteiger partial charge in [-0.3, -0.25) is 4.90 Å². The van der Waals surface area contributed by atoms with Gasteiger partial charge in [0.05, 0.1) is 0 Å². The van der Waals surface area contributed by atoms with Gasteiger partial charge in [0, 0.05) is 22.6 Å². The normalized spacial score (nSPS) is 19.5. The van der Waals surface area contributed by atoms with E-state index < -0.39 is 0 Å². The smallest absolute Gasteiger partial charge is 0.0485 e. The van der Waals surface area contributed by atoms with Crippen LogP contribution >= 0.6 is 23.2 Å². The summed E-state index contributed by atoms with van der Waals surface area (Å²) in [5.74, 6) is 1.61. The summed E-state index contributed by atoms with van der Waals surface area (Å²) in [6.45, 7) is 7.43. The lowest BCUT2D eigenvalue weighted by Crippen LogP contribution is -2.40. The molecule has 0 amide bonds. The molecule has 1 aromatic carbocycles. The Morgan fingerprint density at radius 3 is 2.40 bits per heavy atom. The van der Waals surface area contributed by atoms with Crippen molar-refractivity contribution < 1.29 is 0 Å². The van der Waals surface area contributed by atoms with Gasteiger partial charge in [-0.1, -0.05) is 43.1 Å². The lowest BCUT2D eigenvalue weighted by atomic mass is 9.86. The molecule has 0 spiro atoms. The van der Waals surface area contributed by atoms with Crippen LogP contribution in [-0.4, -0.2) is 24.5 Å². The summed E-state index contributed by atoms with van der Waals surface area (Å²) in [6, 6.07) is 5.92. The summed E-state index contributed by atoms with van der Waals surface area (Å²) in [6.07, 6.45) is 2.50. The van der Waals surface area contributed by atoms with Crippen molar-refractivity contribution in [2.75, 3.05) is 19.6 Å². The molecular weight excluding hydrogens is 291 g/mol. The molecule has 112 valence electrons. The molecule has 1 aliphatic rings. The van der Waals surface area contributed by atoms with Gasteiger partial charge in [-0.25, -0.2) is 0 Å². The molecule has 0 aromatic heterocycles. The summed E-state index contributed by atoms with van der Waals surface area (Å²) in [5.41, 5.74) is 7.10. The van der Waals surface area contributed by atoms with Crippen molar-refractivity contribution in [1.82, 2.24) is 4.90 Å². The van der Waals surface area contributed by atoms with Crippen LogP contribution in [0.4, 0.5) is 0 Å². The molecule has 0 radical (unpaired) electrons. The summed E-state index contributed by atoms with van der Waals surface area (Å²) in [7, 11) is 0. The summed E-state index contributed by atoms with van der Waals surface area (Å²) < 4.78 is 0. The Balaban J connectivity index is 2.09. The highest BCUT2D eigenvalue weighted by atomic mass is 35.5. The Kier molecular flexibility index (Phi) is 5.74. The minimum Gasteiger partial charge on any atom is -0.329 e. The van der Waals surface area contributed by atoms with Crippen LogP contribution in [0.5, 0.6) is 0 Å². The maximum Gasteiger partial charge on any atom is 0.0485 e. The molecular formula is C16H24Cl2N2. The second-order valence-electron chi connectivity index (χ2n) is 6.03. The topological polar surface area (TPSA) is 29.3 Å². The molecule has 2 N–H and O–H groups in total. The molecule has 1 heterocycles. The van der Waals surface area contributed by atoms with Gasteiger partial charge < -0.3 is 5.73 Å².